The van der Waals surface area contributed by atoms with Crippen molar-refractivity contribution in [1.29, 1.82) is 0 Å². The number of benzene rings is 1. The topological polar surface area (TPSA) is 24.5 Å². The van der Waals surface area contributed by atoms with Crippen molar-refractivity contribution in [2.75, 3.05) is 45.2 Å². The molecule has 20 heavy (non-hydrogen) atoms. The lowest BCUT2D eigenvalue weighted by atomic mass is 9.97. The molecule has 2 aliphatic rings. The minimum absolute atomic E-state index is 0.677. The smallest absolute Gasteiger partial charge is 0.0506 e. The summed E-state index contributed by atoms with van der Waals surface area (Å²) in [4.78, 5) is 2.49. The Labute approximate surface area is 122 Å². The highest BCUT2D eigenvalue weighted by molar-refractivity contribution is 5.57. The van der Waals surface area contributed by atoms with Gasteiger partial charge in [0.1, 0.15) is 0 Å². The number of ether oxygens (including phenoxy) is 1. The average Bonchev–Trinajstić information content (AvgIpc) is 2.89. The number of fused-ring (bicyclic) bond motifs is 1. The zero-order valence-corrected chi connectivity index (χ0v) is 12.5. The first-order valence-electron chi connectivity index (χ1n) is 7.92. The number of para-hydroxylation sites is 1. The Balaban J connectivity index is 1.45. The molecule has 1 saturated heterocycles. The molecule has 1 N–H and O–H groups in total. The SMILES string of the molecule is CN(CCC1CNc2ccccc21)CC1CCCOC1. The van der Waals surface area contributed by atoms with Crippen molar-refractivity contribution in [3.8, 4) is 0 Å². The van der Waals surface area contributed by atoms with E-state index in [0.29, 0.717) is 5.92 Å². The molecule has 2 heterocycles. The number of hydrogen-bond donors (Lipinski definition) is 1. The Morgan fingerprint density at radius 1 is 1.35 bits per heavy atom. The lowest BCUT2D eigenvalue weighted by Gasteiger charge is -2.27. The largest absolute Gasteiger partial charge is 0.384 e. The monoisotopic (exact) mass is 274 g/mol. The van der Waals surface area contributed by atoms with Crippen LogP contribution in [0.4, 0.5) is 5.69 Å². The minimum atomic E-state index is 0.677. The van der Waals surface area contributed by atoms with Crippen LogP contribution in [0, 0.1) is 5.92 Å². The summed E-state index contributed by atoms with van der Waals surface area (Å²) in [5.41, 5.74) is 2.84. The summed E-state index contributed by atoms with van der Waals surface area (Å²) < 4.78 is 5.57. The summed E-state index contributed by atoms with van der Waals surface area (Å²) >= 11 is 0. The fourth-order valence-corrected chi connectivity index (χ4v) is 3.47. The number of nitrogens with zero attached hydrogens (tertiary/aromatic N) is 1. The zero-order chi connectivity index (χ0) is 13.8. The van der Waals surface area contributed by atoms with Gasteiger partial charge in [-0.2, -0.15) is 0 Å². The molecule has 0 saturated carbocycles. The van der Waals surface area contributed by atoms with Gasteiger partial charge in [-0.1, -0.05) is 18.2 Å². The van der Waals surface area contributed by atoms with E-state index in [1.54, 1.807) is 0 Å². The van der Waals surface area contributed by atoms with Crippen LogP contribution < -0.4 is 5.32 Å². The fourth-order valence-electron chi connectivity index (χ4n) is 3.47. The molecule has 2 atom stereocenters. The molecular weight excluding hydrogens is 248 g/mol. The highest BCUT2D eigenvalue weighted by Gasteiger charge is 2.22. The first kappa shape index (κ1) is 13.9. The third kappa shape index (κ3) is 3.33. The second-order valence-corrected chi connectivity index (χ2v) is 6.30. The van der Waals surface area contributed by atoms with Crippen LogP contribution in [0.15, 0.2) is 24.3 Å². The van der Waals surface area contributed by atoms with E-state index in [-0.39, 0.29) is 0 Å². The van der Waals surface area contributed by atoms with Crippen molar-refractivity contribution >= 4 is 5.69 Å². The molecule has 0 aromatic heterocycles. The van der Waals surface area contributed by atoms with E-state index >= 15 is 0 Å². The lowest BCUT2D eigenvalue weighted by molar-refractivity contribution is 0.0418. The summed E-state index contributed by atoms with van der Waals surface area (Å²) in [5.74, 6) is 1.42. The van der Waals surface area contributed by atoms with E-state index in [2.05, 4.69) is 41.5 Å². The Hall–Kier alpha value is -1.06. The molecule has 2 unspecified atom stereocenters. The van der Waals surface area contributed by atoms with Gasteiger partial charge in [0.25, 0.3) is 0 Å². The van der Waals surface area contributed by atoms with E-state index in [1.807, 2.05) is 0 Å². The molecule has 0 radical (unpaired) electrons. The van der Waals surface area contributed by atoms with E-state index in [4.69, 9.17) is 4.74 Å². The molecule has 1 fully saturated rings. The van der Waals surface area contributed by atoms with E-state index in [0.717, 1.165) is 25.7 Å². The second-order valence-electron chi connectivity index (χ2n) is 6.30. The Kier molecular flexibility index (Phi) is 4.58. The molecular formula is C17H26N2O. The van der Waals surface area contributed by atoms with Gasteiger partial charge in [-0.25, -0.2) is 0 Å². The van der Waals surface area contributed by atoms with Gasteiger partial charge in [0.05, 0.1) is 6.61 Å². The summed E-state index contributed by atoms with van der Waals surface area (Å²) in [5, 5.41) is 3.52. The summed E-state index contributed by atoms with van der Waals surface area (Å²) in [7, 11) is 2.25. The van der Waals surface area contributed by atoms with Gasteiger partial charge in [0.15, 0.2) is 0 Å². The maximum absolute atomic E-state index is 5.57. The molecule has 1 aromatic carbocycles. The normalized spacial score (nSPS) is 25.5. The zero-order valence-electron chi connectivity index (χ0n) is 12.5. The fraction of sp³-hybridized carbons (Fsp3) is 0.647. The van der Waals surface area contributed by atoms with Crippen molar-refractivity contribution < 1.29 is 4.74 Å². The maximum Gasteiger partial charge on any atom is 0.0506 e. The minimum Gasteiger partial charge on any atom is -0.384 e. The standard InChI is InChI=1S/C17H26N2O/c1-19(12-14-5-4-10-20-13-14)9-8-15-11-18-17-7-3-2-6-16(15)17/h2-3,6-7,14-15,18H,4-5,8-13H2,1H3. The quantitative estimate of drug-likeness (QED) is 0.893. The maximum atomic E-state index is 5.57. The molecule has 3 heteroatoms. The van der Waals surface area contributed by atoms with Gasteiger partial charge in [0, 0.05) is 31.3 Å². The van der Waals surface area contributed by atoms with Crippen LogP contribution in [0.5, 0.6) is 0 Å². The molecule has 0 aliphatic carbocycles. The van der Waals surface area contributed by atoms with Crippen LogP contribution in [0.2, 0.25) is 0 Å². The summed E-state index contributed by atoms with van der Waals surface area (Å²) in [6.07, 6.45) is 3.81. The molecule has 0 amide bonds. The van der Waals surface area contributed by atoms with Gasteiger partial charge in [-0.15, -0.1) is 0 Å². The van der Waals surface area contributed by atoms with E-state index in [9.17, 15) is 0 Å². The van der Waals surface area contributed by atoms with Gasteiger partial charge in [-0.3, -0.25) is 0 Å². The lowest BCUT2D eigenvalue weighted by Crippen LogP contribution is -2.32. The van der Waals surface area contributed by atoms with Crippen molar-refractivity contribution in [3.63, 3.8) is 0 Å². The second kappa shape index (κ2) is 6.59. The third-order valence-corrected chi connectivity index (χ3v) is 4.62. The van der Waals surface area contributed by atoms with Crippen LogP contribution in [0.25, 0.3) is 0 Å². The molecule has 1 aromatic rings. The molecule has 2 aliphatic heterocycles. The van der Waals surface area contributed by atoms with Crippen LogP contribution in [-0.4, -0.2) is 44.8 Å². The van der Waals surface area contributed by atoms with Crippen LogP contribution >= 0.6 is 0 Å². The number of nitrogens with one attached hydrogen (secondary N) is 1. The predicted octanol–water partition coefficient (Wildman–Crippen LogP) is 2.94. The van der Waals surface area contributed by atoms with Gasteiger partial charge >= 0.3 is 0 Å². The van der Waals surface area contributed by atoms with Crippen LogP contribution in [0.1, 0.15) is 30.7 Å². The highest BCUT2D eigenvalue weighted by Crippen LogP contribution is 2.33. The molecule has 3 rings (SSSR count). The number of rotatable bonds is 5. The Morgan fingerprint density at radius 2 is 2.25 bits per heavy atom. The molecule has 3 nitrogen and oxygen atoms in total. The first-order valence-corrected chi connectivity index (χ1v) is 7.92. The third-order valence-electron chi connectivity index (χ3n) is 4.62. The van der Waals surface area contributed by atoms with Crippen molar-refractivity contribution in [2.45, 2.75) is 25.2 Å². The van der Waals surface area contributed by atoms with Gasteiger partial charge in [-0.05, 0) is 50.4 Å². The summed E-state index contributed by atoms with van der Waals surface area (Å²) in [6.45, 7) is 5.38. The van der Waals surface area contributed by atoms with Gasteiger partial charge < -0.3 is 15.0 Å². The molecule has 0 bridgehead atoms. The van der Waals surface area contributed by atoms with Crippen molar-refractivity contribution in [1.82, 2.24) is 4.90 Å². The van der Waals surface area contributed by atoms with Crippen molar-refractivity contribution in [2.24, 2.45) is 5.92 Å². The van der Waals surface area contributed by atoms with Crippen LogP contribution in [0.3, 0.4) is 0 Å². The average molecular weight is 274 g/mol. The predicted molar refractivity (Wildman–Crippen MR) is 83.3 cm³/mol. The van der Waals surface area contributed by atoms with Crippen molar-refractivity contribution in [3.05, 3.63) is 29.8 Å². The summed E-state index contributed by atoms with van der Waals surface area (Å²) in [6, 6.07) is 8.73. The Bertz CT molecular complexity index is 429. The molecule has 0 spiro atoms. The highest BCUT2D eigenvalue weighted by atomic mass is 16.5. The molecule has 110 valence electrons. The number of anilines is 1. The van der Waals surface area contributed by atoms with Gasteiger partial charge in [0.2, 0.25) is 0 Å². The van der Waals surface area contributed by atoms with E-state index < -0.39 is 0 Å². The number of hydrogen-bond acceptors (Lipinski definition) is 3. The Morgan fingerprint density at radius 3 is 3.10 bits per heavy atom. The van der Waals surface area contributed by atoms with Crippen LogP contribution in [-0.2, 0) is 4.74 Å². The first-order chi connectivity index (χ1) is 9.83. The van der Waals surface area contributed by atoms with E-state index in [1.165, 1.54) is 43.6 Å².